The number of thiazole rings is 1. The van der Waals surface area contributed by atoms with E-state index in [1.165, 1.54) is 19.2 Å². The Morgan fingerprint density at radius 3 is 2.48 bits per heavy atom. The summed E-state index contributed by atoms with van der Waals surface area (Å²) in [6.45, 7) is 0. The molecule has 0 spiro atoms. The van der Waals surface area contributed by atoms with Gasteiger partial charge in [0.1, 0.15) is 11.6 Å². The number of rotatable bonds is 4. The van der Waals surface area contributed by atoms with Crippen LogP contribution in [0.3, 0.4) is 0 Å². The van der Waals surface area contributed by atoms with Crippen LogP contribution in [0.1, 0.15) is 10.4 Å². The smallest absolute Gasteiger partial charge is 0.257 e. The van der Waals surface area contributed by atoms with Crippen LogP contribution in [0.5, 0.6) is 5.75 Å². The molecule has 1 N–H and O–H groups in total. The highest BCUT2D eigenvalue weighted by Crippen LogP contribution is 2.28. The summed E-state index contributed by atoms with van der Waals surface area (Å²) in [5.74, 6) is -2.81. The van der Waals surface area contributed by atoms with E-state index in [2.05, 4.69) is 10.3 Å². The quantitative estimate of drug-likeness (QED) is 0.742. The number of hydrogen-bond acceptors (Lipinski definition) is 4. The third kappa shape index (κ3) is 3.80. The predicted molar refractivity (Wildman–Crippen MR) is 88.4 cm³/mol. The van der Waals surface area contributed by atoms with Crippen molar-refractivity contribution in [1.82, 2.24) is 4.98 Å². The van der Waals surface area contributed by atoms with Crippen molar-refractivity contribution in [1.29, 1.82) is 0 Å². The van der Waals surface area contributed by atoms with Crippen LogP contribution in [0.25, 0.3) is 11.3 Å². The van der Waals surface area contributed by atoms with Gasteiger partial charge in [-0.2, -0.15) is 0 Å². The Labute approximate surface area is 144 Å². The summed E-state index contributed by atoms with van der Waals surface area (Å²) in [6, 6.07) is 6.89. The molecule has 0 saturated heterocycles. The zero-order chi connectivity index (χ0) is 18.0. The van der Waals surface area contributed by atoms with Crippen LogP contribution in [0.2, 0.25) is 0 Å². The number of aromatic nitrogens is 1. The van der Waals surface area contributed by atoms with E-state index in [4.69, 9.17) is 4.74 Å². The molecule has 128 valence electrons. The monoisotopic (exact) mass is 364 g/mol. The topological polar surface area (TPSA) is 51.2 Å². The molecule has 2 aromatic carbocycles. The number of ether oxygens (including phenoxy) is 1. The Hall–Kier alpha value is -2.87. The zero-order valence-corrected chi connectivity index (χ0v) is 13.7. The molecule has 25 heavy (non-hydrogen) atoms. The lowest BCUT2D eigenvalue weighted by Gasteiger charge is -2.03. The van der Waals surface area contributed by atoms with Gasteiger partial charge in [0.15, 0.2) is 16.7 Å². The zero-order valence-electron chi connectivity index (χ0n) is 12.8. The van der Waals surface area contributed by atoms with Crippen molar-refractivity contribution in [2.45, 2.75) is 0 Å². The van der Waals surface area contributed by atoms with Gasteiger partial charge in [0.05, 0.1) is 12.8 Å². The average molecular weight is 364 g/mol. The van der Waals surface area contributed by atoms with Crippen molar-refractivity contribution in [2.75, 3.05) is 12.4 Å². The third-order valence-corrected chi connectivity index (χ3v) is 4.05. The van der Waals surface area contributed by atoms with Gasteiger partial charge in [-0.05, 0) is 30.3 Å². The van der Waals surface area contributed by atoms with Gasteiger partial charge in [-0.1, -0.05) is 0 Å². The fourth-order valence-electron chi connectivity index (χ4n) is 2.14. The van der Waals surface area contributed by atoms with Crippen LogP contribution in [-0.4, -0.2) is 18.0 Å². The Bertz CT molecular complexity index is 923. The molecule has 0 saturated carbocycles. The maximum absolute atomic E-state index is 13.8. The number of benzene rings is 2. The fraction of sp³-hybridized carbons (Fsp3) is 0.0588. The van der Waals surface area contributed by atoms with Crippen molar-refractivity contribution in [3.05, 3.63) is 64.8 Å². The van der Waals surface area contributed by atoms with Crippen LogP contribution in [0.15, 0.2) is 41.8 Å². The van der Waals surface area contributed by atoms with Crippen molar-refractivity contribution < 1.29 is 22.7 Å². The molecule has 8 heteroatoms. The number of carbonyl (C=O) groups is 1. The number of halogens is 3. The number of hydrogen-bond donors (Lipinski definition) is 1. The number of nitrogens with zero attached hydrogens (tertiary/aromatic N) is 1. The minimum absolute atomic E-state index is 0.112. The Morgan fingerprint density at radius 2 is 1.84 bits per heavy atom. The second kappa shape index (κ2) is 6.94. The number of amides is 1. The second-order valence-corrected chi connectivity index (χ2v) is 5.86. The molecular formula is C17H11F3N2O2S. The lowest BCUT2D eigenvalue weighted by molar-refractivity contribution is 0.102. The normalized spacial score (nSPS) is 10.6. The lowest BCUT2D eigenvalue weighted by atomic mass is 10.1. The molecule has 0 aliphatic carbocycles. The van der Waals surface area contributed by atoms with Gasteiger partial charge in [0.25, 0.3) is 5.91 Å². The predicted octanol–water partition coefficient (Wildman–Crippen LogP) is 4.49. The SMILES string of the molecule is COc1ccc(-c2csc(NC(=O)c3cc(F)cc(F)c3)n2)cc1F. The van der Waals surface area contributed by atoms with E-state index in [1.54, 1.807) is 11.4 Å². The first kappa shape index (κ1) is 17.0. The van der Waals surface area contributed by atoms with Gasteiger partial charge in [0, 0.05) is 22.6 Å². The van der Waals surface area contributed by atoms with E-state index in [-0.39, 0.29) is 16.4 Å². The highest BCUT2D eigenvalue weighted by Gasteiger charge is 2.13. The van der Waals surface area contributed by atoms with Crippen LogP contribution in [0, 0.1) is 17.5 Å². The maximum Gasteiger partial charge on any atom is 0.257 e. The van der Waals surface area contributed by atoms with Gasteiger partial charge in [-0.25, -0.2) is 18.2 Å². The van der Waals surface area contributed by atoms with Gasteiger partial charge < -0.3 is 4.74 Å². The standard InChI is InChI=1S/C17H11F3N2O2S/c1-24-15-3-2-9(6-13(15)20)14-8-25-17(21-14)22-16(23)10-4-11(18)7-12(19)5-10/h2-8H,1H3,(H,21,22,23). The Kier molecular flexibility index (Phi) is 4.71. The van der Waals surface area contributed by atoms with Crippen molar-refractivity contribution >= 4 is 22.4 Å². The molecule has 3 aromatic rings. The molecule has 1 amide bonds. The van der Waals surface area contributed by atoms with Gasteiger partial charge in [-0.3, -0.25) is 10.1 Å². The van der Waals surface area contributed by atoms with E-state index < -0.39 is 23.4 Å². The van der Waals surface area contributed by atoms with Gasteiger partial charge in [-0.15, -0.1) is 11.3 Å². The summed E-state index contributed by atoms with van der Waals surface area (Å²) >= 11 is 1.11. The van der Waals surface area contributed by atoms with Gasteiger partial charge in [0.2, 0.25) is 0 Å². The molecule has 4 nitrogen and oxygen atoms in total. The lowest BCUT2D eigenvalue weighted by Crippen LogP contribution is -2.12. The molecule has 0 bridgehead atoms. The van der Waals surface area contributed by atoms with E-state index in [0.29, 0.717) is 17.3 Å². The first-order valence-corrected chi connectivity index (χ1v) is 7.91. The molecule has 0 aliphatic heterocycles. The van der Waals surface area contributed by atoms with Crippen molar-refractivity contribution in [2.24, 2.45) is 0 Å². The van der Waals surface area contributed by atoms with Crippen LogP contribution < -0.4 is 10.1 Å². The van der Waals surface area contributed by atoms with E-state index in [9.17, 15) is 18.0 Å². The molecule has 0 radical (unpaired) electrons. The molecule has 0 atom stereocenters. The van der Waals surface area contributed by atoms with Crippen LogP contribution in [-0.2, 0) is 0 Å². The molecular weight excluding hydrogens is 353 g/mol. The molecule has 0 fully saturated rings. The summed E-state index contributed by atoms with van der Waals surface area (Å²) < 4.78 is 45.0. The van der Waals surface area contributed by atoms with E-state index in [1.807, 2.05) is 0 Å². The van der Waals surface area contributed by atoms with Gasteiger partial charge >= 0.3 is 0 Å². The summed E-state index contributed by atoms with van der Waals surface area (Å²) in [4.78, 5) is 16.2. The number of nitrogens with one attached hydrogen (secondary N) is 1. The fourth-order valence-corrected chi connectivity index (χ4v) is 2.86. The third-order valence-electron chi connectivity index (χ3n) is 3.30. The second-order valence-electron chi connectivity index (χ2n) is 5.00. The van der Waals surface area contributed by atoms with E-state index in [0.717, 1.165) is 23.5 Å². The summed E-state index contributed by atoms with van der Waals surface area (Å²) in [5, 5.41) is 4.31. The first-order valence-electron chi connectivity index (χ1n) is 7.03. The average Bonchev–Trinajstić information content (AvgIpc) is 3.02. The molecule has 0 aliphatic rings. The summed E-state index contributed by atoms with van der Waals surface area (Å²) in [7, 11) is 1.36. The molecule has 1 heterocycles. The van der Waals surface area contributed by atoms with Crippen LogP contribution >= 0.6 is 11.3 Å². The molecule has 0 unspecified atom stereocenters. The van der Waals surface area contributed by atoms with Crippen molar-refractivity contribution in [3.8, 4) is 17.0 Å². The van der Waals surface area contributed by atoms with E-state index >= 15 is 0 Å². The number of carbonyl (C=O) groups excluding carboxylic acids is 1. The summed E-state index contributed by atoms with van der Waals surface area (Å²) in [6.07, 6.45) is 0. The first-order chi connectivity index (χ1) is 12.0. The van der Waals surface area contributed by atoms with Crippen LogP contribution in [0.4, 0.5) is 18.3 Å². The Balaban J connectivity index is 1.79. The highest BCUT2D eigenvalue weighted by atomic mass is 32.1. The highest BCUT2D eigenvalue weighted by molar-refractivity contribution is 7.14. The van der Waals surface area contributed by atoms with Crippen molar-refractivity contribution in [3.63, 3.8) is 0 Å². The minimum Gasteiger partial charge on any atom is -0.494 e. The molecule has 1 aromatic heterocycles. The minimum atomic E-state index is -0.848. The number of methoxy groups -OCH3 is 1. The molecule has 3 rings (SSSR count). The largest absolute Gasteiger partial charge is 0.494 e. The Morgan fingerprint density at radius 1 is 1.12 bits per heavy atom. The number of anilines is 1. The maximum atomic E-state index is 13.8. The summed E-state index contributed by atoms with van der Waals surface area (Å²) in [5.41, 5.74) is 0.795.